The van der Waals surface area contributed by atoms with Crippen molar-refractivity contribution in [3.8, 4) is 0 Å². The monoisotopic (exact) mass is 347 g/mol. The SMILES string of the molecule is C[C@@H](NS(=O)(=O)N1CCNCC1)c1ccc(Br)cc1. The van der Waals surface area contributed by atoms with E-state index in [9.17, 15) is 8.42 Å². The lowest BCUT2D eigenvalue weighted by atomic mass is 10.1. The van der Waals surface area contributed by atoms with E-state index < -0.39 is 10.2 Å². The van der Waals surface area contributed by atoms with Crippen molar-refractivity contribution in [2.24, 2.45) is 0 Å². The fourth-order valence-corrected chi connectivity index (χ4v) is 3.66. The van der Waals surface area contributed by atoms with E-state index in [1.165, 1.54) is 4.31 Å². The summed E-state index contributed by atoms with van der Waals surface area (Å²) in [5.41, 5.74) is 0.946. The first kappa shape index (κ1) is 14.9. The number of nitrogens with one attached hydrogen (secondary N) is 2. The lowest BCUT2D eigenvalue weighted by Gasteiger charge is -2.28. The summed E-state index contributed by atoms with van der Waals surface area (Å²) >= 11 is 3.36. The zero-order chi connectivity index (χ0) is 13.9. The molecule has 1 aliphatic rings. The molecule has 1 aromatic rings. The van der Waals surface area contributed by atoms with Gasteiger partial charge in [0.25, 0.3) is 10.2 Å². The standard InChI is InChI=1S/C12H18BrN3O2S/c1-10(11-2-4-12(13)5-3-11)15-19(17,18)16-8-6-14-7-9-16/h2-5,10,14-15H,6-9H2,1H3/t10-/m1/s1. The minimum absolute atomic E-state index is 0.243. The molecule has 5 nitrogen and oxygen atoms in total. The van der Waals surface area contributed by atoms with Crippen LogP contribution < -0.4 is 10.0 Å². The first-order chi connectivity index (χ1) is 8.99. The summed E-state index contributed by atoms with van der Waals surface area (Å²) in [4.78, 5) is 0. The Morgan fingerprint density at radius 3 is 2.42 bits per heavy atom. The molecule has 0 amide bonds. The smallest absolute Gasteiger partial charge is 0.280 e. The Balaban J connectivity index is 2.04. The maximum absolute atomic E-state index is 12.2. The maximum Gasteiger partial charge on any atom is 0.280 e. The molecule has 0 saturated carbocycles. The second kappa shape index (κ2) is 6.32. The van der Waals surface area contributed by atoms with Crippen molar-refractivity contribution in [2.75, 3.05) is 26.2 Å². The van der Waals surface area contributed by atoms with Crippen LogP contribution in [0.4, 0.5) is 0 Å². The number of piperazine rings is 1. The van der Waals surface area contributed by atoms with Gasteiger partial charge in [-0.25, -0.2) is 0 Å². The minimum atomic E-state index is -3.41. The molecule has 2 rings (SSSR count). The lowest BCUT2D eigenvalue weighted by molar-refractivity contribution is 0.352. The van der Waals surface area contributed by atoms with Crippen LogP contribution in [0.15, 0.2) is 28.7 Å². The van der Waals surface area contributed by atoms with Crippen LogP contribution in [0.25, 0.3) is 0 Å². The van der Waals surface area contributed by atoms with Gasteiger partial charge in [-0.05, 0) is 24.6 Å². The molecule has 1 atom stereocenters. The normalized spacial score (nSPS) is 19.3. The lowest BCUT2D eigenvalue weighted by Crippen LogP contribution is -2.50. The van der Waals surface area contributed by atoms with E-state index in [2.05, 4.69) is 26.0 Å². The summed E-state index contributed by atoms with van der Waals surface area (Å²) in [7, 11) is -3.41. The topological polar surface area (TPSA) is 61.4 Å². The first-order valence-corrected chi connectivity index (χ1v) is 8.46. The van der Waals surface area contributed by atoms with Gasteiger partial charge in [-0.1, -0.05) is 28.1 Å². The van der Waals surface area contributed by atoms with Gasteiger partial charge in [0.1, 0.15) is 0 Å². The van der Waals surface area contributed by atoms with Gasteiger partial charge in [0.2, 0.25) is 0 Å². The Kier molecular flexibility index (Phi) is 4.97. The number of halogens is 1. The van der Waals surface area contributed by atoms with Gasteiger partial charge in [0.15, 0.2) is 0 Å². The van der Waals surface area contributed by atoms with Gasteiger partial charge in [-0.15, -0.1) is 0 Å². The van der Waals surface area contributed by atoms with E-state index >= 15 is 0 Å². The average Bonchev–Trinajstić information content (AvgIpc) is 2.40. The molecule has 2 N–H and O–H groups in total. The maximum atomic E-state index is 12.2. The molecule has 1 heterocycles. The molecule has 0 aromatic heterocycles. The third kappa shape index (κ3) is 4.00. The second-order valence-corrected chi connectivity index (χ2v) is 7.16. The fourth-order valence-electron chi connectivity index (χ4n) is 2.00. The number of benzene rings is 1. The van der Waals surface area contributed by atoms with E-state index in [4.69, 9.17) is 0 Å². The molecular weight excluding hydrogens is 330 g/mol. The molecule has 0 aliphatic carbocycles. The molecule has 106 valence electrons. The molecule has 7 heteroatoms. The average molecular weight is 348 g/mol. The van der Waals surface area contributed by atoms with Gasteiger partial charge in [0, 0.05) is 36.7 Å². The van der Waals surface area contributed by atoms with Gasteiger partial charge in [0.05, 0.1) is 0 Å². The Hall–Kier alpha value is -0.470. The van der Waals surface area contributed by atoms with Crippen LogP contribution in [0.5, 0.6) is 0 Å². The molecular formula is C12H18BrN3O2S. The Morgan fingerprint density at radius 2 is 1.84 bits per heavy atom. The first-order valence-electron chi connectivity index (χ1n) is 6.22. The van der Waals surface area contributed by atoms with Gasteiger partial charge >= 0.3 is 0 Å². The Morgan fingerprint density at radius 1 is 1.26 bits per heavy atom. The highest BCUT2D eigenvalue weighted by Crippen LogP contribution is 2.18. The molecule has 1 saturated heterocycles. The minimum Gasteiger partial charge on any atom is -0.314 e. The molecule has 0 unspecified atom stereocenters. The van der Waals surface area contributed by atoms with Crippen LogP contribution in [-0.4, -0.2) is 38.9 Å². The summed E-state index contributed by atoms with van der Waals surface area (Å²) in [6.07, 6.45) is 0. The van der Waals surface area contributed by atoms with Crippen LogP contribution >= 0.6 is 15.9 Å². The van der Waals surface area contributed by atoms with E-state index in [0.29, 0.717) is 26.2 Å². The second-order valence-electron chi connectivity index (χ2n) is 4.55. The van der Waals surface area contributed by atoms with Crippen molar-refractivity contribution in [3.05, 3.63) is 34.3 Å². The largest absolute Gasteiger partial charge is 0.314 e. The van der Waals surface area contributed by atoms with Crippen LogP contribution in [0.3, 0.4) is 0 Å². The van der Waals surface area contributed by atoms with Crippen molar-refractivity contribution in [2.45, 2.75) is 13.0 Å². The third-order valence-electron chi connectivity index (χ3n) is 3.11. The van der Waals surface area contributed by atoms with E-state index in [-0.39, 0.29) is 6.04 Å². The zero-order valence-corrected chi connectivity index (χ0v) is 13.2. The van der Waals surface area contributed by atoms with Crippen molar-refractivity contribution >= 4 is 26.1 Å². The molecule has 1 fully saturated rings. The predicted molar refractivity (Wildman–Crippen MR) is 79.1 cm³/mol. The zero-order valence-electron chi connectivity index (χ0n) is 10.8. The number of hydrogen-bond acceptors (Lipinski definition) is 3. The molecule has 0 bridgehead atoms. The molecule has 1 aliphatic heterocycles. The van der Waals surface area contributed by atoms with E-state index in [0.717, 1.165) is 10.0 Å². The molecule has 0 radical (unpaired) electrons. The highest BCUT2D eigenvalue weighted by Gasteiger charge is 2.25. The Bertz CT molecular complexity index is 512. The van der Waals surface area contributed by atoms with Gasteiger partial charge in [-0.2, -0.15) is 17.4 Å². The molecule has 0 spiro atoms. The molecule has 19 heavy (non-hydrogen) atoms. The van der Waals surface area contributed by atoms with Crippen LogP contribution in [-0.2, 0) is 10.2 Å². The summed E-state index contributed by atoms with van der Waals surface area (Å²) in [6, 6.07) is 7.40. The molecule has 1 aromatic carbocycles. The predicted octanol–water partition coefficient (Wildman–Crippen LogP) is 1.25. The number of rotatable bonds is 4. The van der Waals surface area contributed by atoms with Crippen LogP contribution in [0, 0.1) is 0 Å². The summed E-state index contributed by atoms with van der Waals surface area (Å²) in [5.74, 6) is 0. The van der Waals surface area contributed by atoms with Crippen molar-refractivity contribution in [1.82, 2.24) is 14.3 Å². The van der Waals surface area contributed by atoms with Crippen molar-refractivity contribution in [3.63, 3.8) is 0 Å². The quantitative estimate of drug-likeness (QED) is 0.861. The Labute approximate surface area is 122 Å². The van der Waals surface area contributed by atoms with Crippen LogP contribution in [0.1, 0.15) is 18.5 Å². The van der Waals surface area contributed by atoms with Gasteiger partial charge in [-0.3, -0.25) is 0 Å². The van der Waals surface area contributed by atoms with Crippen molar-refractivity contribution < 1.29 is 8.42 Å². The number of nitrogens with zero attached hydrogens (tertiary/aromatic N) is 1. The summed E-state index contributed by atoms with van der Waals surface area (Å²) < 4.78 is 29.6. The van der Waals surface area contributed by atoms with Gasteiger partial charge < -0.3 is 5.32 Å². The fraction of sp³-hybridized carbons (Fsp3) is 0.500. The highest BCUT2D eigenvalue weighted by atomic mass is 79.9. The summed E-state index contributed by atoms with van der Waals surface area (Å²) in [6.45, 7) is 4.29. The van der Waals surface area contributed by atoms with Crippen molar-refractivity contribution in [1.29, 1.82) is 0 Å². The van der Waals surface area contributed by atoms with E-state index in [1.54, 1.807) is 0 Å². The van der Waals surface area contributed by atoms with Crippen LogP contribution in [0.2, 0.25) is 0 Å². The number of hydrogen-bond donors (Lipinski definition) is 2. The summed E-state index contributed by atoms with van der Waals surface area (Å²) in [5, 5.41) is 3.14. The third-order valence-corrected chi connectivity index (χ3v) is 5.34. The highest BCUT2D eigenvalue weighted by molar-refractivity contribution is 9.10. The van der Waals surface area contributed by atoms with E-state index in [1.807, 2.05) is 31.2 Å².